The highest BCUT2D eigenvalue weighted by molar-refractivity contribution is 7.26. The van der Waals surface area contributed by atoms with Crippen molar-refractivity contribution in [2.75, 3.05) is 0 Å². The molecule has 0 amide bonds. The van der Waals surface area contributed by atoms with Crippen molar-refractivity contribution >= 4 is 59.0 Å². The summed E-state index contributed by atoms with van der Waals surface area (Å²) in [6.45, 7) is 4.96. The Morgan fingerprint density at radius 3 is 2.31 bits per heavy atom. The van der Waals surface area contributed by atoms with E-state index in [0.29, 0.717) is 17.7 Å². The van der Waals surface area contributed by atoms with Gasteiger partial charge in [-0.2, -0.15) is 0 Å². The molecule has 5 aliphatic carbocycles. The molecule has 0 saturated heterocycles. The predicted octanol–water partition coefficient (Wildman–Crippen LogP) is 16.7. The van der Waals surface area contributed by atoms with E-state index in [-0.39, 0.29) is 10.8 Å². The Bertz CT molecular complexity index is 3620. The van der Waals surface area contributed by atoms with Crippen LogP contribution in [0.25, 0.3) is 81.6 Å². The molecule has 0 bridgehead atoms. The normalized spacial score (nSPS) is 20.5. The summed E-state index contributed by atoms with van der Waals surface area (Å²) in [6.07, 6.45) is 17.0. The van der Waals surface area contributed by atoms with Crippen LogP contribution in [0.15, 0.2) is 184 Å². The third-order valence-electron chi connectivity index (χ3n) is 16.2. The van der Waals surface area contributed by atoms with Gasteiger partial charge in [-0.1, -0.05) is 160 Å². The SMILES string of the molecule is CC1(C)c2ccccc2C2C=C3C(=CC21)C1=C(CCC(c2ccc4sc5c(-c6cc(-c7ccc8c(c7)oc7ccccc78)nc(-c7ccccc7)n6)cccc5c4c2)=C1)C31CCCCC1. The number of rotatable bonds is 4. The maximum atomic E-state index is 6.34. The molecule has 1 saturated carbocycles. The van der Waals surface area contributed by atoms with Crippen LogP contribution in [0.4, 0.5) is 0 Å². The first kappa shape index (κ1) is 37.7. The van der Waals surface area contributed by atoms with Gasteiger partial charge in [0.1, 0.15) is 11.2 Å². The van der Waals surface area contributed by atoms with E-state index in [2.05, 4.69) is 153 Å². The van der Waals surface area contributed by atoms with E-state index >= 15 is 0 Å². The van der Waals surface area contributed by atoms with Crippen LogP contribution in [0.2, 0.25) is 0 Å². The topological polar surface area (TPSA) is 38.9 Å². The molecule has 0 N–H and O–H groups in total. The summed E-state index contributed by atoms with van der Waals surface area (Å²) in [7, 11) is 0. The summed E-state index contributed by atoms with van der Waals surface area (Å²) in [5.41, 5.74) is 19.4. The standard InChI is InChI=1S/C61H48N2OS/c1-60(2)49-20-9-7-16-40(49)46-34-52-47(33-51(46)60)45-30-37(23-26-50(45)61(52)28-11-4-12-29-61)38-24-27-57-48(31-38)43-18-13-19-44(58(43)65-57)54-35-53(62-59(63-54)36-14-5-3-6-15-36)39-22-25-42-41-17-8-10-21-55(41)64-56(42)32-39/h3,5-10,13-22,24-25,27,30-35,46,51H,4,11-12,23,26,28-29H2,1-2H3. The van der Waals surface area contributed by atoms with Crippen molar-refractivity contribution < 1.29 is 4.42 Å². The van der Waals surface area contributed by atoms with Crippen molar-refractivity contribution in [2.24, 2.45) is 11.3 Å². The van der Waals surface area contributed by atoms with E-state index in [4.69, 9.17) is 14.4 Å². The number of aromatic nitrogens is 2. The molecule has 4 heteroatoms. The first-order valence-electron chi connectivity index (χ1n) is 23.7. The zero-order valence-corrected chi connectivity index (χ0v) is 37.6. The predicted molar refractivity (Wildman–Crippen MR) is 270 cm³/mol. The molecule has 0 aliphatic heterocycles. The zero-order chi connectivity index (χ0) is 43.0. The average Bonchev–Trinajstić information content (AvgIpc) is 4.06. The lowest BCUT2D eigenvalue weighted by Crippen LogP contribution is -2.30. The lowest BCUT2D eigenvalue weighted by atomic mass is 9.63. The smallest absolute Gasteiger partial charge is 0.160 e. The molecule has 1 spiro atoms. The monoisotopic (exact) mass is 856 g/mol. The Kier molecular flexibility index (Phi) is 8.09. The van der Waals surface area contributed by atoms with E-state index in [1.807, 2.05) is 29.5 Å². The van der Waals surface area contributed by atoms with Crippen molar-refractivity contribution in [3.63, 3.8) is 0 Å². The summed E-state index contributed by atoms with van der Waals surface area (Å²) in [5, 5.41) is 4.83. The molecule has 9 aromatic rings. The van der Waals surface area contributed by atoms with Crippen molar-refractivity contribution in [1.29, 1.82) is 0 Å². The van der Waals surface area contributed by atoms with Crippen LogP contribution >= 0.6 is 11.3 Å². The van der Waals surface area contributed by atoms with Crippen molar-refractivity contribution in [1.82, 2.24) is 9.97 Å². The fourth-order valence-corrected chi connectivity index (χ4v) is 14.2. The van der Waals surface area contributed by atoms with Crippen molar-refractivity contribution in [2.45, 2.75) is 70.1 Å². The molecule has 14 rings (SSSR count). The van der Waals surface area contributed by atoms with Gasteiger partial charge in [0.05, 0.1) is 11.4 Å². The minimum Gasteiger partial charge on any atom is -0.456 e. The second kappa shape index (κ2) is 13.9. The van der Waals surface area contributed by atoms with Gasteiger partial charge in [-0.3, -0.25) is 0 Å². The van der Waals surface area contributed by atoms with Gasteiger partial charge in [-0.15, -0.1) is 11.3 Å². The summed E-state index contributed by atoms with van der Waals surface area (Å²) >= 11 is 1.87. The van der Waals surface area contributed by atoms with E-state index < -0.39 is 0 Å². The van der Waals surface area contributed by atoms with Crippen LogP contribution in [-0.2, 0) is 5.41 Å². The molecule has 3 heterocycles. The second-order valence-electron chi connectivity index (χ2n) is 19.9. The Labute approximate surface area is 383 Å². The minimum absolute atomic E-state index is 0.102. The zero-order valence-electron chi connectivity index (χ0n) is 36.8. The molecular formula is C61H48N2OS. The summed E-state index contributed by atoms with van der Waals surface area (Å²) in [6, 6.07) is 50.5. The average molecular weight is 857 g/mol. The van der Waals surface area contributed by atoms with Crippen molar-refractivity contribution in [3.05, 3.63) is 197 Å². The fourth-order valence-electron chi connectivity index (χ4n) is 13.0. The third kappa shape index (κ3) is 5.53. The van der Waals surface area contributed by atoms with Crippen molar-refractivity contribution in [3.8, 4) is 33.9 Å². The number of allylic oxidation sites excluding steroid dienone is 8. The van der Waals surface area contributed by atoms with Gasteiger partial charge in [-0.25, -0.2) is 9.97 Å². The number of hydrogen-bond acceptors (Lipinski definition) is 4. The lowest BCUT2D eigenvalue weighted by Gasteiger charge is -2.41. The number of furan rings is 1. The molecule has 65 heavy (non-hydrogen) atoms. The molecule has 2 unspecified atom stereocenters. The number of benzene rings is 6. The van der Waals surface area contributed by atoms with Gasteiger partial charge >= 0.3 is 0 Å². The number of fused-ring (bicyclic) bond motifs is 13. The number of thiophene rings is 1. The first-order chi connectivity index (χ1) is 31.9. The van der Waals surface area contributed by atoms with Gasteiger partial charge < -0.3 is 4.42 Å². The van der Waals surface area contributed by atoms with Crippen LogP contribution in [0.3, 0.4) is 0 Å². The summed E-state index contributed by atoms with van der Waals surface area (Å²) in [5.74, 6) is 1.65. The number of hydrogen-bond donors (Lipinski definition) is 0. The molecule has 3 nitrogen and oxygen atoms in total. The van der Waals surface area contributed by atoms with E-state index in [9.17, 15) is 0 Å². The third-order valence-corrected chi connectivity index (χ3v) is 17.4. The Morgan fingerprint density at radius 1 is 0.615 bits per heavy atom. The molecular weight excluding hydrogens is 809 g/mol. The number of nitrogens with zero attached hydrogens (tertiary/aromatic N) is 2. The van der Waals surface area contributed by atoms with Crippen LogP contribution in [0.1, 0.15) is 81.4 Å². The van der Waals surface area contributed by atoms with Crippen LogP contribution < -0.4 is 0 Å². The highest BCUT2D eigenvalue weighted by Crippen LogP contribution is 2.66. The molecule has 2 atom stereocenters. The summed E-state index contributed by atoms with van der Waals surface area (Å²) in [4.78, 5) is 10.5. The molecule has 314 valence electrons. The van der Waals surface area contributed by atoms with Gasteiger partial charge in [0.15, 0.2) is 5.82 Å². The Hall–Kier alpha value is -6.62. The van der Waals surface area contributed by atoms with E-state index in [1.165, 1.54) is 69.0 Å². The highest BCUT2D eigenvalue weighted by Gasteiger charge is 2.53. The number of para-hydroxylation sites is 1. The van der Waals surface area contributed by atoms with Gasteiger partial charge in [0, 0.05) is 59.0 Å². The molecule has 1 fully saturated rings. The fraction of sp³-hybridized carbons (Fsp3) is 0.213. The van der Waals surface area contributed by atoms with Gasteiger partial charge in [-0.05, 0) is 112 Å². The Balaban J connectivity index is 0.875. The quantitative estimate of drug-likeness (QED) is 0.177. The summed E-state index contributed by atoms with van der Waals surface area (Å²) < 4.78 is 8.90. The largest absolute Gasteiger partial charge is 0.456 e. The van der Waals surface area contributed by atoms with Crippen LogP contribution in [0, 0.1) is 11.3 Å². The highest BCUT2D eigenvalue weighted by atomic mass is 32.1. The maximum Gasteiger partial charge on any atom is 0.160 e. The first-order valence-corrected chi connectivity index (χ1v) is 24.5. The molecule has 3 aromatic heterocycles. The van der Waals surface area contributed by atoms with E-state index in [0.717, 1.165) is 62.9 Å². The van der Waals surface area contributed by atoms with Gasteiger partial charge in [0.2, 0.25) is 0 Å². The van der Waals surface area contributed by atoms with Crippen LogP contribution in [0.5, 0.6) is 0 Å². The molecule has 5 aliphatic rings. The maximum absolute atomic E-state index is 6.34. The van der Waals surface area contributed by atoms with E-state index in [1.54, 1.807) is 27.9 Å². The lowest BCUT2D eigenvalue weighted by molar-refractivity contribution is 0.288. The second-order valence-corrected chi connectivity index (χ2v) is 20.9. The minimum atomic E-state index is 0.102. The Morgan fingerprint density at radius 2 is 1.40 bits per heavy atom. The van der Waals surface area contributed by atoms with Gasteiger partial charge in [0.25, 0.3) is 0 Å². The van der Waals surface area contributed by atoms with Crippen LogP contribution in [-0.4, -0.2) is 9.97 Å². The molecule has 0 radical (unpaired) electrons. The molecule has 6 aromatic carbocycles.